The molecular weight excluding hydrogens is 1460 g/mol. The van der Waals surface area contributed by atoms with Crippen molar-refractivity contribution in [2.45, 2.75) is 72.4 Å². The fourth-order valence-corrected chi connectivity index (χ4v) is 13.6. The van der Waals surface area contributed by atoms with Crippen LogP contribution in [0.15, 0.2) is 73.1 Å². The van der Waals surface area contributed by atoms with E-state index >= 15 is 0 Å². The van der Waals surface area contributed by atoms with Gasteiger partial charge in [-0.05, 0) is 193 Å². The Hall–Kier alpha value is -9.96. The number of anilines is 11. The lowest BCUT2D eigenvalue weighted by atomic mass is 10.0. The van der Waals surface area contributed by atoms with Crippen LogP contribution in [0.25, 0.3) is 0 Å². The lowest BCUT2D eigenvalue weighted by Gasteiger charge is -2.43. The van der Waals surface area contributed by atoms with E-state index in [4.69, 9.17) is 59.5 Å². The van der Waals surface area contributed by atoms with Crippen LogP contribution in [0.4, 0.5) is 63.1 Å². The highest BCUT2D eigenvalue weighted by molar-refractivity contribution is 7.93. The van der Waals surface area contributed by atoms with Gasteiger partial charge in [-0.15, -0.1) is 5.92 Å². The molecule has 2 aromatic heterocycles. The van der Waals surface area contributed by atoms with Gasteiger partial charge in [-0.1, -0.05) is 41.3 Å². The molecule has 10 rings (SSSR count). The summed E-state index contributed by atoms with van der Waals surface area (Å²) in [6.07, 6.45) is 7.61. The second-order valence-corrected chi connectivity index (χ2v) is 29.8. The molecule has 4 fully saturated rings. The van der Waals surface area contributed by atoms with Crippen molar-refractivity contribution >= 4 is 118 Å². The van der Waals surface area contributed by atoms with Crippen molar-refractivity contribution in [2.75, 3.05) is 174 Å². The van der Waals surface area contributed by atoms with Gasteiger partial charge in [-0.3, -0.25) is 25.2 Å². The first-order valence-electron chi connectivity index (χ1n) is 34.5. The second kappa shape index (κ2) is 42.4. The fourth-order valence-electron chi connectivity index (χ4n) is 11.8. The number of aromatic nitrogens is 4. The van der Waals surface area contributed by atoms with Crippen molar-refractivity contribution in [1.82, 2.24) is 39.5 Å². The molecule has 4 aromatic carbocycles. The largest absolute Gasteiger partial charge is 0.495 e. The standard InChI is InChI=1S/C31H43ClN8O4S.C18H30N4O.C16H5.C13H14Cl2N4O3S/c1-6-45(41,42)37-29-24(8-7-9-27(29)43-4)34-30-23(32)20-33-31(36-30)35-25-18-21(2)26(19-28(25)44-5)40-12-10-22(11-13-40)39-16-14-38(3)15-17-39;1-14-12-16(19)18(23-3)13-17(14)22-6-4-15(5-7-22)21-10-8-20(2)9-11-21;1-3-5-7-9-11-13-15-16-14-12-10-8-6-4-2;1-3-23(20,21)19-11-9(5-4-6-10(11)22-2)17-12-8(14)7-16-13(15)18-12/h7-9,18-20,22,37H,6,10-17H2,1-5H3,(H2,33,34,35,36);12-13,15H,4-11,19H2,1-3H3;1H2,2H3;4-7,19H,3H2,1-2H3,(H,16,17,18)/q;;-1;. The average molecular weight is 1550 g/mol. The van der Waals surface area contributed by atoms with Gasteiger partial charge in [-0.2, -0.15) is 16.9 Å². The third-order valence-corrected chi connectivity index (χ3v) is 21.0. The van der Waals surface area contributed by atoms with Crippen molar-refractivity contribution < 1.29 is 35.8 Å². The van der Waals surface area contributed by atoms with E-state index in [1.165, 1.54) is 83.8 Å². The number of benzene rings is 4. The topological polar surface area (TPSA) is 262 Å². The monoisotopic (exact) mass is 1550 g/mol. The van der Waals surface area contributed by atoms with E-state index in [1.54, 1.807) is 64.5 Å². The minimum Gasteiger partial charge on any atom is -0.495 e. The van der Waals surface area contributed by atoms with E-state index in [0.29, 0.717) is 40.6 Å². The number of hydrogen-bond acceptors (Lipinski definition) is 22. The average Bonchev–Trinajstić information content (AvgIpc) is 0.814. The highest BCUT2D eigenvalue weighted by atomic mass is 35.5. The van der Waals surface area contributed by atoms with Crippen molar-refractivity contribution in [2.24, 2.45) is 0 Å². The smallest absolute Gasteiger partial charge is 0.232 e. The molecule has 4 aliphatic heterocycles. The number of para-hydroxylation sites is 2. The Balaban J connectivity index is 0.000000217. The van der Waals surface area contributed by atoms with Crippen LogP contribution in [0.3, 0.4) is 0 Å². The quantitative estimate of drug-likeness (QED) is 0.0180. The van der Waals surface area contributed by atoms with Gasteiger partial charge in [0.1, 0.15) is 44.4 Å². The summed E-state index contributed by atoms with van der Waals surface area (Å²) < 4.78 is 75.4. The van der Waals surface area contributed by atoms with E-state index < -0.39 is 20.0 Å². The third kappa shape index (κ3) is 25.9. The van der Waals surface area contributed by atoms with Crippen LogP contribution < -0.4 is 59.9 Å². The predicted octanol–water partition coefficient (Wildman–Crippen LogP) is 10.9. The maximum atomic E-state index is 12.4. The zero-order valence-electron chi connectivity index (χ0n) is 62.3. The van der Waals surface area contributed by atoms with Crippen molar-refractivity contribution in [1.29, 1.82) is 0 Å². The van der Waals surface area contributed by atoms with Crippen LogP contribution in [0, 0.1) is 104 Å². The number of rotatable bonds is 20. The van der Waals surface area contributed by atoms with Gasteiger partial charge in [0.05, 0.1) is 75.1 Å². The number of piperazine rings is 2. The summed E-state index contributed by atoms with van der Waals surface area (Å²) >= 11 is 18.2. The number of hydrogen-bond donors (Lipinski definition) is 6. The maximum absolute atomic E-state index is 12.4. The lowest BCUT2D eigenvalue weighted by Crippen LogP contribution is -2.52. The van der Waals surface area contributed by atoms with Gasteiger partial charge in [0, 0.05) is 114 Å². The molecule has 4 saturated heterocycles. The van der Waals surface area contributed by atoms with Gasteiger partial charge >= 0.3 is 0 Å². The minimum atomic E-state index is -3.58. The molecule has 0 radical (unpaired) electrons. The Morgan fingerprint density at radius 2 is 0.916 bits per heavy atom. The van der Waals surface area contributed by atoms with E-state index in [1.807, 2.05) is 12.1 Å². The summed E-state index contributed by atoms with van der Waals surface area (Å²) in [6.45, 7) is 26.0. The molecule has 0 amide bonds. The number of aryl methyl sites for hydroxylation is 2. The second-order valence-electron chi connectivity index (χ2n) is 24.6. The molecule has 107 heavy (non-hydrogen) atoms. The number of piperidine rings is 2. The molecule has 0 bridgehead atoms. The SMILES string of the molecule is CCS(=O)(=O)Nc1c(Nc2nc(Cl)ncc2Cl)cccc1OC.CCS(=O)(=O)Nc1c(Nc2nc(Nc3cc(C)c(N4CCC(N5CCN(C)CC5)CC4)cc3OC)ncc2Cl)cccc1OC.COc1cc(N2CCC(N3CCN(C)CC3)CC2)c(C)cc1N.[CH2-]C#CC#CC#CC#CC#CC#CC#CC. The highest BCUT2D eigenvalue weighted by Crippen LogP contribution is 2.41. The van der Waals surface area contributed by atoms with Crippen molar-refractivity contribution in [3.05, 3.63) is 106 Å². The van der Waals surface area contributed by atoms with Gasteiger partial charge in [-0.25, -0.2) is 32.7 Å². The van der Waals surface area contributed by atoms with Crippen molar-refractivity contribution in [3.63, 3.8) is 0 Å². The first-order valence-corrected chi connectivity index (χ1v) is 38.9. The molecule has 7 N–H and O–H groups in total. The Morgan fingerprint density at radius 3 is 1.34 bits per heavy atom. The Kier molecular flexibility index (Phi) is 33.4. The molecule has 0 unspecified atom stereocenters. The number of nitrogen functional groups attached to an aromatic ring is 1. The molecule has 0 aliphatic carbocycles. The number of ether oxygens (including phenoxy) is 4. The number of likely N-dealkylation sites (N-methyl/N-ethyl adjacent to an activating group) is 2. The predicted molar refractivity (Wildman–Crippen MR) is 435 cm³/mol. The maximum Gasteiger partial charge on any atom is 0.232 e. The van der Waals surface area contributed by atoms with Crippen molar-refractivity contribution in [3.8, 4) is 106 Å². The van der Waals surface area contributed by atoms with Crippen LogP contribution >= 0.6 is 34.8 Å². The highest BCUT2D eigenvalue weighted by Gasteiger charge is 2.30. The number of halogens is 3. The summed E-state index contributed by atoms with van der Waals surface area (Å²) in [5.41, 5.74) is 13.6. The number of nitrogens with two attached hydrogens (primary N) is 1. The zero-order valence-corrected chi connectivity index (χ0v) is 66.2. The van der Waals surface area contributed by atoms with Crippen LogP contribution in [0.1, 0.15) is 57.6 Å². The van der Waals surface area contributed by atoms with E-state index in [9.17, 15) is 16.8 Å². The zero-order chi connectivity index (χ0) is 77.5. The molecule has 0 atom stereocenters. The first-order chi connectivity index (χ1) is 51.5. The summed E-state index contributed by atoms with van der Waals surface area (Å²) in [5.74, 6) is 37.8. The number of methoxy groups -OCH3 is 4. The molecule has 4 aliphatic rings. The Morgan fingerprint density at radius 1 is 0.514 bits per heavy atom. The molecule has 0 spiro atoms. The van der Waals surface area contributed by atoms with Gasteiger partial charge < -0.3 is 60.2 Å². The number of nitrogens with one attached hydrogen (secondary N) is 5. The van der Waals surface area contributed by atoms with Crippen LogP contribution in [-0.2, 0) is 20.0 Å². The van der Waals surface area contributed by atoms with Gasteiger partial charge in [0.25, 0.3) is 0 Å². The fraction of sp³-hybridized carbons (Fsp3) is 0.397. The van der Waals surface area contributed by atoms with Crippen LogP contribution in [0.2, 0.25) is 15.3 Å². The number of nitrogens with zero attached hydrogens (tertiary/aromatic N) is 10. The van der Waals surface area contributed by atoms with Crippen LogP contribution in [0.5, 0.6) is 23.0 Å². The van der Waals surface area contributed by atoms with Gasteiger partial charge in [0.2, 0.25) is 31.3 Å². The Labute approximate surface area is 647 Å². The third-order valence-electron chi connectivity index (χ3n) is 17.7. The summed E-state index contributed by atoms with van der Waals surface area (Å²) in [7, 11) is 3.58. The first kappa shape index (κ1) is 84.3. The summed E-state index contributed by atoms with van der Waals surface area (Å²) in [4.78, 5) is 31.8. The summed E-state index contributed by atoms with van der Waals surface area (Å²) in [5, 5.41) is 9.84. The van der Waals surface area contributed by atoms with E-state index in [2.05, 4.69) is 205 Å². The Bertz CT molecular complexity index is 4690. The lowest BCUT2D eigenvalue weighted by molar-refractivity contribution is 0.0982. The normalized spacial score (nSPS) is 14.7. The van der Waals surface area contributed by atoms with E-state index in [-0.39, 0.29) is 49.8 Å². The van der Waals surface area contributed by atoms with Crippen LogP contribution in [-0.4, -0.2) is 201 Å². The number of sulfonamides is 2. The molecular formula is C78H92Cl3N16O8S2-. The van der Waals surface area contributed by atoms with Gasteiger partial charge in [0.15, 0.2) is 11.6 Å². The molecule has 566 valence electrons. The summed E-state index contributed by atoms with van der Waals surface area (Å²) in [6, 6.07) is 19.7. The molecule has 6 heterocycles. The molecule has 0 saturated carbocycles. The molecule has 6 aromatic rings. The minimum absolute atomic E-state index is 0.00971. The molecule has 29 heteroatoms. The van der Waals surface area contributed by atoms with E-state index in [0.717, 1.165) is 99.6 Å². The molecule has 24 nitrogen and oxygen atoms in total.